The number of benzene rings is 1. The van der Waals surface area contributed by atoms with E-state index in [4.69, 9.17) is 0 Å². The summed E-state index contributed by atoms with van der Waals surface area (Å²) in [5.41, 5.74) is 0.933. The maximum Gasteiger partial charge on any atom is 0.319 e. The smallest absolute Gasteiger partial charge is 0.319 e. The predicted octanol–water partition coefficient (Wildman–Crippen LogP) is 1.74. The van der Waals surface area contributed by atoms with Crippen molar-refractivity contribution in [3.63, 3.8) is 0 Å². The third-order valence-electron chi connectivity index (χ3n) is 4.10. The number of anilines is 1. The van der Waals surface area contributed by atoms with Gasteiger partial charge in [0, 0.05) is 18.8 Å². The van der Waals surface area contributed by atoms with Crippen LogP contribution >= 0.6 is 0 Å². The number of aromatic nitrogens is 5. The van der Waals surface area contributed by atoms with Crippen LogP contribution in [0.5, 0.6) is 0 Å². The minimum Gasteiger partial charge on any atom is -0.333 e. The number of carbonyl (C=O) groups excluding carboxylic acids is 1. The summed E-state index contributed by atoms with van der Waals surface area (Å²) in [6, 6.07) is 5.47. The van der Waals surface area contributed by atoms with Gasteiger partial charge in [-0.15, -0.1) is 0 Å². The van der Waals surface area contributed by atoms with Crippen molar-refractivity contribution >= 4 is 11.7 Å². The van der Waals surface area contributed by atoms with Crippen LogP contribution in [-0.4, -0.2) is 36.6 Å². The molecule has 0 saturated carbocycles. The van der Waals surface area contributed by atoms with Gasteiger partial charge in [0.25, 0.3) is 0 Å². The van der Waals surface area contributed by atoms with Gasteiger partial charge in [-0.05, 0) is 30.7 Å². The van der Waals surface area contributed by atoms with Crippen molar-refractivity contribution in [2.24, 2.45) is 0 Å². The van der Waals surface area contributed by atoms with Gasteiger partial charge in [-0.1, -0.05) is 0 Å². The van der Waals surface area contributed by atoms with Crippen molar-refractivity contribution in [3.8, 4) is 5.69 Å². The Labute approximate surface area is 142 Å². The lowest BCUT2D eigenvalue weighted by Gasteiger charge is -2.24. The first kappa shape index (κ1) is 15.3. The van der Waals surface area contributed by atoms with Crippen LogP contribution in [0.2, 0.25) is 0 Å². The van der Waals surface area contributed by atoms with Crippen LogP contribution in [0.25, 0.3) is 5.69 Å². The Morgan fingerprint density at radius 2 is 2.24 bits per heavy atom. The standard InChI is InChI=1S/C16H16FN7O/c17-11-2-4-14(23-7-1-6-19-23)13(8-11)22-16(25)21-12-3-5-15-18-10-20-24(15)9-12/h1-2,4,6-8,10,12H,3,5,9H2,(H2,21,22,25)/t12-/m1/s1. The Kier molecular flexibility index (Phi) is 3.88. The van der Waals surface area contributed by atoms with E-state index in [0.717, 1.165) is 18.7 Å². The molecular weight excluding hydrogens is 325 g/mol. The lowest BCUT2D eigenvalue weighted by molar-refractivity contribution is 0.243. The quantitative estimate of drug-likeness (QED) is 0.759. The average Bonchev–Trinajstić information content (AvgIpc) is 3.25. The highest BCUT2D eigenvalue weighted by Gasteiger charge is 2.21. The van der Waals surface area contributed by atoms with Gasteiger partial charge < -0.3 is 10.6 Å². The van der Waals surface area contributed by atoms with E-state index >= 15 is 0 Å². The first-order valence-electron chi connectivity index (χ1n) is 7.93. The van der Waals surface area contributed by atoms with E-state index < -0.39 is 11.8 Å². The summed E-state index contributed by atoms with van der Waals surface area (Å²) >= 11 is 0. The maximum absolute atomic E-state index is 13.6. The Bertz CT molecular complexity index is 890. The summed E-state index contributed by atoms with van der Waals surface area (Å²) in [6.07, 6.45) is 6.39. The fourth-order valence-corrected chi connectivity index (χ4v) is 2.92. The van der Waals surface area contributed by atoms with Gasteiger partial charge in [0.2, 0.25) is 0 Å². The number of hydrogen-bond acceptors (Lipinski definition) is 4. The Hall–Kier alpha value is -3.23. The molecule has 0 aliphatic carbocycles. The van der Waals surface area contributed by atoms with Crippen LogP contribution in [0, 0.1) is 5.82 Å². The Morgan fingerprint density at radius 1 is 1.32 bits per heavy atom. The molecule has 128 valence electrons. The highest BCUT2D eigenvalue weighted by Crippen LogP contribution is 2.21. The van der Waals surface area contributed by atoms with E-state index in [9.17, 15) is 9.18 Å². The van der Waals surface area contributed by atoms with Gasteiger partial charge in [0.1, 0.15) is 18.0 Å². The van der Waals surface area contributed by atoms with E-state index in [1.165, 1.54) is 18.5 Å². The molecule has 2 aromatic heterocycles. The second-order valence-electron chi connectivity index (χ2n) is 5.80. The molecular formula is C16H16FN7O. The number of halogens is 1. The molecule has 25 heavy (non-hydrogen) atoms. The molecule has 0 spiro atoms. The zero-order valence-corrected chi connectivity index (χ0v) is 13.3. The molecule has 0 fully saturated rings. The second-order valence-corrected chi connectivity index (χ2v) is 5.80. The van der Waals surface area contributed by atoms with E-state index in [1.807, 2.05) is 0 Å². The molecule has 0 saturated heterocycles. The van der Waals surface area contributed by atoms with Crippen LogP contribution in [0.1, 0.15) is 12.2 Å². The van der Waals surface area contributed by atoms with Crippen LogP contribution in [-0.2, 0) is 13.0 Å². The summed E-state index contributed by atoms with van der Waals surface area (Å²) < 4.78 is 17.0. The molecule has 1 aliphatic heterocycles. The van der Waals surface area contributed by atoms with Crippen LogP contribution in [0.4, 0.5) is 14.9 Å². The molecule has 8 nitrogen and oxygen atoms in total. The van der Waals surface area contributed by atoms with Gasteiger partial charge in [-0.3, -0.25) is 0 Å². The normalized spacial score (nSPS) is 16.3. The first-order valence-corrected chi connectivity index (χ1v) is 7.93. The van der Waals surface area contributed by atoms with Crippen LogP contribution in [0.15, 0.2) is 43.0 Å². The fraction of sp³-hybridized carbons (Fsp3) is 0.250. The minimum atomic E-state index is -0.434. The number of nitrogens with one attached hydrogen (secondary N) is 2. The number of rotatable bonds is 3. The molecule has 1 aromatic carbocycles. The van der Waals surface area contributed by atoms with Crippen molar-refractivity contribution in [2.75, 3.05) is 5.32 Å². The number of fused-ring (bicyclic) bond motifs is 1. The first-order chi connectivity index (χ1) is 12.2. The lowest BCUT2D eigenvalue weighted by atomic mass is 10.1. The van der Waals surface area contributed by atoms with Crippen molar-refractivity contribution in [1.82, 2.24) is 29.9 Å². The molecule has 1 atom stereocenters. The Balaban J connectivity index is 1.47. The van der Waals surface area contributed by atoms with E-state index in [0.29, 0.717) is 17.9 Å². The summed E-state index contributed by atoms with van der Waals surface area (Å²) in [6.45, 7) is 0.567. The number of hydrogen-bond donors (Lipinski definition) is 2. The van der Waals surface area contributed by atoms with E-state index in [1.54, 1.807) is 33.9 Å². The predicted molar refractivity (Wildman–Crippen MR) is 87.8 cm³/mol. The average molecular weight is 341 g/mol. The fourth-order valence-electron chi connectivity index (χ4n) is 2.92. The van der Waals surface area contributed by atoms with Gasteiger partial charge in [0.15, 0.2) is 0 Å². The topological polar surface area (TPSA) is 89.7 Å². The van der Waals surface area contributed by atoms with Crippen molar-refractivity contribution in [1.29, 1.82) is 0 Å². The highest BCUT2D eigenvalue weighted by molar-refractivity contribution is 5.91. The van der Waals surface area contributed by atoms with Crippen LogP contribution < -0.4 is 10.6 Å². The Morgan fingerprint density at radius 3 is 3.08 bits per heavy atom. The second kappa shape index (κ2) is 6.34. The molecule has 0 radical (unpaired) electrons. The number of nitrogens with zero attached hydrogens (tertiary/aromatic N) is 5. The van der Waals surface area contributed by atoms with Gasteiger partial charge in [0.05, 0.1) is 24.0 Å². The largest absolute Gasteiger partial charge is 0.333 e. The number of carbonyl (C=O) groups is 1. The van der Waals surface area contributed by atoms with Gasteiger partial charge in [-0.25, -0.2) is 23.5 Å². The highest BCUT2D eigenvalue weighted by atomic mass is 19.1. The van der Waals surface area contributed by atoms with E-state index in [2.05, 4.69) is 25.8 Å². The summed E-state index contributed by atoms with van der Waals surface area (Å²) in [4.78, 5) is 16.5. The summed E-state index contributed by atoms with van der Waals surface area (Å²) in [7, 11) is 0. The number of aryl methyl sites for hydroxylation is 1. The minimum absolute atomic E-state index is 0.0593. The van der Waals surface area contributed by atoms with Gasteiger partial charge in [-0.2, -0.15) is 10.2 Å². The van der Waals surface area contributed by atoms with Crippen LogP contribution in [0.3, 0.4) is 0 Å². The zero-order valence-electron chi connectivity index (χ0n) is 13.3. The zero-order chi connectivity index (χ0) is 17.2. The molecule has 0 unspecified atom stereocenters. The van der Waals surface area contributed by atoms with E-state index in [-0.39, 0.29) is 6.04 Å². The van der Waals surface area contributed by atoms with Crippen molar-refractivity contribution in [3.05, 3.63) is 54.6 Å². The third-order valence-corrected chi connectivity index (χ3v) is 4.10. The molecule has 4 rings (SSSR count). The molecule has 1 aliphatic rings. The monoisotopic (exact) mass is 341 g/mol. The third kappa shape index (κ3) is 3.21. The molecule has 3 aromatic rings. The summed E-state index contributed by atoms with van der Waals surface area (Å²) in [5, 5.41) is 13.9. The van der Waals surface area contributed by atoms with Gasteiger partial charge >= 0.3 is 6.03 Å². The molecule has 2 N–H and O–H groups in total. The van der Waals surface area contributed by atoms with Crippen molar-refractivity contribution < 1.29 is 9.18 Å². The maximum atomic E-state index is 13.6. The summed E-state index contributed by atoms with van der Waals surface area (Å²) in [5.74, 6) is 0.487. The SMILES string of the molecule is O=C(Nc1cc(F)ccc1-n1cccn1)N[C@@H]1CCc2ncnn2C1. The number of amides is 2. The lowest BCUT2D eigenvalue weighted by Crippen LogP contribution is -2.43. The number of urea groups is 1. The molecule has 3 heterocycles. The molecule has 0 bridgehead atoms. The van der Waals surface area contributed by atoms with Crippen molar-refractivity contribution in [2.45, 2.75) is 25.4 Å². The molecule has 9 heteroatoms. The molecule has 2 amide bonds.